The zero-order valence-electron chi connectivity index (χ0n) is 14.7. The van der Waals surface area contributed by atoms with Gasteiger partial charge in [-0.15, -0.1) is 0 Å². The van der Waals surface area contributed by atoms with Crippen molar-refractivity contribution in [3.63, 3.8) is 0 Å². The summed E-state index contributed by atoms with van der Waals surface area (Å²) in [5.74, 6) is -3.61. The average Bonchev–Trinajstić information content (AvgIpc) is 2.57. The van der Waals surface area contributed by atoms with Gasteiger partial charge in [0.1, 0.15) is 0 Å². The predicted molar refractivity (Wildman–Crippen MR) is 89.6 cm³/mol. The van der Waals surface area contributed by atoms with Crippen molar-refractivity contribution in [2.45, 2.75) is 46.0 Å². The molecule has 2 rings (SSSR count). The van der Waals surface area contributed by atoms with E-state index in [1.165, 1.54) is 12.1 Å². The van der Waals surface area contributed by atoms with E-state index in [1.807, 2.05) is 13.8 Å². The molecule has 6 heteroatoms. The molecule has 1 aliphatic rings. The monoisotopic (exact) mass is 351 g/mol. The number of amides is 1. The first-order valence-electron chi connectivity index (χ1n) is 8.50. The number of allylic oxidation sites excluding steroid dienone is 1. The number of halogens is 2. The van der Waals surface area contributed by atoms with Crippen molar-refractivity contribution < 1.29 is 23.1 Å². The molecule has 1 N–H and O–H groups in total. The summed E-state index contributed by atoms with van der Waals surface area (Å²) < 4.78 is 33.2. The van der Waals surface area contributed by atoms with E-state index in [0.29, 0.717) is 5.70 Å². The van der Waals surface area contributed by atoms with Gasteiger partial charge < -0.3 is 10.1 Å². The van der Waals surface area contributed by atoms with E-state index in [2.05, 4.69) is 5.32 Å². The van der Waals surface area contributed by atoms with Crippen molar-refractivity contribution >= 4 is 11.9 Å². The molecule has 0 aromatic heterocycles. The summed E-state index contributed by atoms with van der Waals surface area (Å²) in [6.45, 7) is 5.85. The number of hydrogen-bond acceptors (Lipinski definition) is 3. The van der Waals surface area contributed by atoms with Gasteiger partial charge in [0, 0.05) is 18.0 Å². The SMILES string of the molecule is CCC(CC)COC(=O)C1=C(C)NC(=O)CC1c1cccc(F)c1F. The van der Waals surface area contributed by atoms with Crippen molar-refractivity contribution in [3.8, 4) is 0 Å². The molecule has 0 saturated heterocycles. The molecular formula is C19H23F2NO3. The molecule has 0 spiro atoms. The van der Waals surface area contributed by atoms with Gasteiger partial charge in [0.2, 0.25) is 5.91 Å². The Hall–Kier alpha value is -2.24. The molecule has 0 radical (unpaired) electrons. The van der Waals surface area contributed by atoms with E-state index in [0.717, 1.165) is 18.9 Å². The molecule has 4 nitrogen and oxygen atoms in total. The normalized spacial score (nSPS) is 17.7. The Labute approximate surface area is 146 Å². The molecule has 0 aliphatic carbocycles. The van der Waals surface area contributed by atoms with Crippen molar-refractivity contribution in [1.82, 2.24) is 5.32 Å². The molecule has 1 unspecified atom stereocenters. The van der Waals surface area contributed by atoms with Crippen LogP contribution in [0.2, 0.25) is 0 Å². The molecule has 136 valence electrons. The van der Waals surface area contributed by atoms with Crippen molar-refractivity contribution in [2.75, 3.05) is 6.61 Å². The standard InChI is InChI=1S/C19H23F2NO3/c1-4-12(5-2)10-25-19(24)17-11(3)22-16(23)9-14(17)13-7-6-8-15(20)18(13)21/h6-8,12,14H,4-5,9-10H2,1-3H3,(H,22,23). The number of ether oxygens (including phenoxy) is 1. The number of carbonyl (C=O) groups is 2. The topological polar surface area (TPSA) is 55.4 Å². The summed E-state index contributed by atoms with van der Waals surface area (Å²) in [6.07, 6.45) is 1.62. The fourth-order valence-electron chi connectivity index (χ4n) is 3.02. The fourth-order valence-corrected chi connectivity index (χ4v) is 3.02. The third kappa shape index (κ3) is 4.24. The lowest BCUT2D eigenvalue weighted by atomic mass is 9.84. The first-order chi connectivity index (χ1) is 11.9. The largest absolute Gasteiger partial charge is 0.462 e. The molecule has 0 fully saturated rings. The van der Waals surface area contributed by atoms with Gasteiger partial charge >= 0.3 is 5.97 Å². The highest BCUT2D eigenvalue weighted by atomic mass is 19.2. The number of benzene rings is 1. The van der Waals surface area contributed by atoms with Crippen LogP contribution >= 0.6 is 0 Å². The maximum absolute atomic E-state index is 14.2. The lowest BCUT2D eigenvalue weighted by Gasteiger charge is -2.27. The van der Waals surface area contributed by atoms with E-state index in [9.17, 15) is 18.4 Å². The molecule has 1 atom stereocenters. The van der Waals surface area contributed by atoms with Gasteiger partial charge in [-0.3, -0.25) is 4.79 Å². The Morgan fingerprint density at radius 1 is 1.32 bits per heavy atom. The van der Waals surface area contributed by atoms with E-state index < -0.39 is 23.5 Å². The second-order valence-corrected chi connectivity index (χ2v) is 6.27. The van der Waals surface area contributed by atoms with Crippen molar-refractivity contribution in [2.24, 2.45) is 5.92 Å². The zero-order chi connectivity index (χ0) is 18.6. The van der Waals surface area contributed by atoms with Crippen molar-refractivity contribution in [1.29, 1.82) is 0 Å². The van der Waals surface area contributed by atoms with Gasteiger partial charge in [-0.05, 0) is 24.5 Å². The molecule has 1 heterocycles. The maximum Gasteiger partial charge on any atom is 0.336 e. The fraction of sp³-hybridized carbons (Fsp3) is 0.474. The Balaban J connectivity index is 2.34. The first-order valence-corrected chi connectivity index (χ1v) is 8.50. The van der Waals surface area contributed by atoms with E-state index >= 15 is 0 Å². The number of esters is 1. The van der Waals surface area contributed by atoms with E-state index in [4.69, 9.17) is 4.74 Å². The van der Waals surface area contributed by atoms with Crippen LogP contribution in [0.25, 0.3) is 0 Å². The summed E-state index contributed by atoms with van der Waals surface area (Å²) in [5, 5.41) is 2.58. The maximum atomic E-state index is 14.2. The second-order valence-electron chi connectivity index (χ2n) is 6.27. The minimum absolute atomic E-state index is 0.0105. The molecule has 1 aliphatic heterocycles. The smallest absolute Gasteiger partial charge is 0.336 e. The molecule has 0 saturated carbocycles. The Morgan fingerprint density at radius 2 is 2.00 bits per heavy atom. The second kappa shape index (κ2) is 8.23. The van der Waals surface area contributed by atoms with Crippen LogP contribution in [0.3, 0.4) is 0 Å². The first kappa shape index (κ1) is 19.1. The number of carbonyl (C=O) groups excluding carboxylic acids is 2. The molecule has 25 heavy (non-hydrogen) atoms. The number of hydrogen-bond donors (Lipinski definition) is 1. The summed E-state index contributed by atoms with van der Waals surface area (Å²) in [5.41, 5.74) is 0.484. The van der Waals surface area contributed by atoms with E-state index in [-0.39, 0.29) is 36.0 Å². The van der Waals surface area contributed by atoms with Gasteiger partial charge in [0.15, 0.2) is 11.6 Å². The summed E-state index contributed by atoms with van der Waals surface area (Å²) in [7, 11) is 0. The third-order valence-electron chi connectivity index (χ3n) is 4.65. The van der Waals surface area contributed by atoms with Crippen LogP contribution in [-0.4, -0.2) is 18.5 Å². The lowest BCUT2D eigenvalue weighted by Crippen LogP contribution is -2.35. The summed E-state index contributed by atoms with van der Waals surface area (Å²) in [4.78, 5) is 24.5. The minimum Gasteiger partial charge on any atom is -0.462 e. The van der Waals surface area contributed by atoms with Gasteiger partial charge in [-0.25, -0.2) is 13.6 Å². The molecule has 1 aromatic carbocycles. The molecular weight excluding hydrogens is 328 g/mol. The quantitative estimate of drug-likeness (QED) is 0.793. The lowest BCUT2D eigenvalue weighted by molar-refractivity contribution is -0.141. The molecule has 1 aromatic rings. The highest BCUT2D eigenvalue weighted by molar-refractivity contribution is 5.95. The Kier molecular flexibility index (Phi) is 6.28. The van der Waals surface area contributed by atoms with Crippen LogP contribution in [0.5, 0.6) is 0 Å². The summed E-state index contributed by atoms with van der Waals surface area (Å²) >= 11 is 0. The van der Waals surface area contributed by atoms with Crippen LogP contribution in [0, 0.1) is 17.6 Å². The van der Waals surface area contributed by atoms with Gasteiger partial charge in [0.25, 0.3) is 0 Å². The Bertz CT molecular complexity index is 696. The number of rotatable bonds is 6. The van der Waals surface area contributed by atoms with Crippen LogP contribution < -0.4 is 5.32 Å². The van der Waals surface area contributed by atoms with E-state index in [1.54, 1.807) is 6.92 Å². The zero-order valence-corrected chi connectivity index (χ0v) is 14.7. The van der Waals surface area contributed by atoms with Crippen LogP contribution in [0.4, 0.5) is 8.78 Å². The van der Waals surface area contributed by atoms with Gasteiger partial charge in [-0.1, -0.05) is 38.8 Å². The highest BCUT2D eigenvalue weighted by Gasteiger charge is 2.35. The van der Waals surface area contributed by atoms with Crippen LogP contribution in [0.15, 0.2) is 29.5 Å². The number of nitrogens with one attached hydrogen (secondary N) is 1. The van der Waals surface area contributed by atoms with Gasteiger partial charge in [0.05, 0.1) is 12.2 Å². The average molecular weight is 351 g/mol. The summed E-state index contributed by atoms with van der Waals surface area (Å²) in [6, 6.07) is 3.76. The predicted octanol–water partition coefficient (Wildman–Crippen LogP) is 3.82. The Morgan fingerprint density at radius 3 is 2.64 bits per heavy atom. The molecule has 0 bridgehead atoms. The third-order valence-corrected chi connectivity index (χ3v) is 4.65. The molecule has 1 amide bonds. The minimum atomic E-state index is -1.04. The highest BCUT2D eigenvalue weighted by Crippen LogP contribution is 2.35. The van der Waals surface area contributed by atoms with Crippen LogP contribution in [0.1, 0.15) is 51.5 Å². The van der Waals surface area contributed by atoms with Gasteiger partial charge in [-0.2, -0.15) is 0 Å². The van der Waals surface area contributed by atoms with Crippen molar-refractivity contribution in [3.05, 3.63) is 46.7 Å². The van der Waals surface area contributed by atoms with Crippen LogP contribution in [-0.2, 0) is 14.3 Å².